The van der Waals surface area contributed by atoms with Crippen molar-refractivity contribution in [1.82, 2.24) is 4.98 Å². The molecule has 0 atom stereocenters. The molecule has 3 aromatic rings. The van der Waals surface area contributed by atoms with E-state index < -0.39 is 0 Å². The van der Waals surface area contributed by atoms with E-state index in [-0.39, 0.29) is 5.78 Å². The van der Waals surface area contributed by atoms with Crippen molar-refractivity contribution >= 4 is 39.1 Å². The van der Waals surface area contributed by atoms with Crippen molar-refractivity contribution < 1.29 is 4.79 Å². The first-order valence-electron chi connectivity index (χ1n) is 6.39. The highest BCUT2D eigenvalue weighted by Crippen LogP contribution is 2.29. The number of thioether (sulfide) groups is 1. The number of ketones is 1. The maximum atomic E-state index is 12.0. The molecule has 20 heavy (non-hydrogen) atoms. The molecule has 3 rings (SSSR count). The molecule has 0 amide bonds. The van der Waals surface area contributed by atoms with Crippen LogP contribution in [-0.4, -0.2) is 16.5 Å². The minimum Gasteiger partial charge on any atom is -0.294 e. The third-order valence-corrected chi connectivity index (χ3v) is 5.11. The number of benzene rings is 2. The van der Waals surface area contributed by atoms with E-state index in [0.717, 1.165) is 21.2 Å². The fourth-order valence-electron chi connectivity index (χ4n) is 1.91. The van der Waals surface area contributed by atoms with Gasteiger partial charge in [-0.25, -0.2) is 4.98 Å². The van der Waals surface area contributed by atoms with Crippen LogP contribution in [0.1, 0.15) is 16.8 Å². The van der Waals surface area contributed by atoms with Crippen molar-refractivity contribution in [2.45, 2.75) is 10.8 Å². The largest absolute Gasteiger partial charge is 0.294 e. The molecule has 1 aromatic heterocycles. The fraction of sp³-hybridized carbons (Fsp3) is 0.125. The van der Waals surface area contributed by atoms with Gasteiger partial charge in [-0.05, 0) is 12.1 Å². The summed E-state index contributed by atoms with van der Waals surface area (Å²) in [6.45, 7) is 0. The molecule has 2 aromatic carbocycles. The third kappa shape index (κ3) is 3.08. The summed E-state index contributed by atoms with van der Waals surface area (Å²) < 4.78 is 2.23. The van der Waals surface area contributed by atoms with Gasteiger partial charge in [-0.1, -0.05) is 54.2 Å². The topological polar surface area (TPSA) is 30.0 Å². The zero-order valence-corrected chi connectivity index (χ0v) is 12.4. The van der Waals surface area contributed by atoms with Crippen molar-refractivity contribution in [1.29, 1.82) is 0 Å². The lowest BCUT2D eigenvalue weighted by atomic mass is 10.1. The van der Waals surface area contributed by atoms with Crippen LogP contribution in [0.5, 0.6) is 0 Å². The smallest absolute Gasteiger partial charge is 0.163 e. The van der Waals surface area contributed by atoms with Gasteiger partial charge in [-0.3, -0.25) is 4.79 Å². The summed E-state index contributed by atoms with van der Waals surface area (Å²) in [6.07, 6.45) is 0.546. The molecular weight excluding hydrogens is 286 g/mol. The summed E-state index contributed by atoms with van der Waals surface area (Å²) in [4.78, 5) is 16.5. The van der Waals surface area contributed by atoms with Gasteiger partial charge in [0.25, 0.3) is 0 Å². The summed E-state index contributed by atoms with van der Waals surface area (Å²) in [7, 11) is 0. The Morgan fingerprint density at radius 3 is 2.60 bits per heavy atom. The zero-order chi connectivity index (χ0) is 13.8. The molecule has 0 saturated carbocycles. The number of rotatable bonds is 5. The van der Waals surface area contributed by atoms with Gasteiger partial charge in [0.2, 0.25) is 0 Å². The predicted molar refractivity (Wildman–Crippen MR) is 85.7 cm³/mol. The Morgan fingerprint density at radius 1 is 1.05 bits per heavy atom. The van der Waals surface area contributed by atoms with E-state index in [0.29, 0.717) is 6.42 Å². The van der Waals surface area contributed by atoms with Crippen LogP contribution in [-0.2, 0) is 0 Å². The summed E-state index contributed by atoms with van der Waals surface area (Å²) >= 11 is 3.34. The van der Waals surface area contributed by atoms with Gasteiger partial charge < -0.3 is 0 Å². The van der Waals surface area contributed by atoms with Gasteiger partial charge in [0, 0.05) is 17.7 Å². The average molecular weight is 299 g/mol. The van der Waals surface area contributed by atoms with E-state index in [1.165, 1.54) is 4.70 Å². The second-order valence-electron chi connectivity index (χ2n) is 4.34. The number of thiazole rings is 1. The molecule has 1 heterocycles. The molecule has 0 aliphatic carbocycles. The summed E-state index contributed by atoms with van der Waals surface area (Å²) in [6, 6.07) is 17.6. The first-order chi connectivity index (χ1) is 9.83. The van der Waals surface area contributed by atoms with E-state index >= 15 is 0 Å². The molecule has 0 bridgehead atoms. The first-order valence-corrected chi connectivity index (χ1v) is 8.20. The van der Waals surface area contributed by atoms with Crippen molar-refractivity contribution in [3.05, 3.63) is 60.2 Å². The number of carbonyl (C=O) groups is 1. The van der Waals surface area contributed by atoms with Crippen LogP contribution in [0.4, 0.5) is 0 Å². The van der Waals surface area contributed by atoms with Crippen molar-refractivity contribution in [2.24, 2.45) is 0 Å². The maximum Gasteiger partial charge on any atom is 0.163 e. The van der Waals surface area contributed by atoms with Crippen LogP contribution in [0.3, 0.4) is 0 Å². The monoisotopic (exact) mass is 299 g/mol. The molecule has 0 N–H and O–H groups in total. The normalized spacial score (nSPS) is 10.8. The van der Waals surface area contributed by atoms with Gasteiger partial charge in [-0.2, -0.15) is 0 Å². The Labute approximate surface area is 125 Å². The molecule has 0 spiro atoms. The Kier molecular flexibility index (Phi) is 4.14. The standard InChI is InChI=1S/C16H13NOS2/c18-14(12-6-2-1-3-7-12)10-11-19-16-17-13-8-4-5-9-15(13)20-16/h1-9H,10-11H2. The Bertz CT molecular complexity index is 688. The van der Waals surface area contributed by atoms with Gasteiger partial charge in [0.05, 0.1) is 10.2 Å². The second-order valence-corrected chi connectivity index (χ2v) is 6.71. The molecule has 0 radical (unpaired) electrons. The molecular formula is C16H13NOS2. The highest BCUT2D eigenvalue weighted by molar-refractivity contribution is 8.01. The SMILES string of the molecule is O=C(CCSc1nc2ccccc2s1)c1ccccc1. The Balaban J connectivity index is 1.58. The summed E-state index contributed by atoms with van der Waals surface area (Å²) in [5, 5.41) is 0. The molecule has 4 heteroatoms. The lowest BCUT2D eigenvalue weighted by Gasteiger charge is -1.99. The maximum absolute atomic E-state index is 12.0. The highest BCUT2D eigenvalue weighted by Gasteiger charge is 2.07. The van der Waals surface area contributed by atoms with Crippen LogP contribution >= 0.6 is 23.1 Å². The first kappa shape index (κ1) is 13.3. The van der Waals surface area contributed by atoms with Gasteiger partial charge >= 0.3 is 0 Å². The third-order valence-electron chi connectivity index (χ3n) is 2.92. The highest BCUT2D eigenvalue weighted by atomic mass is 32.2. The van der Waals surface area contributed by atoms with E-state index in [1.807, 2.05) is 48.5 Å². The minimum atomic E-state index is 0.194. The van der Waals surface area contributed by atoms with Gasteiger partial charge in [-0.15, -0.1) is 11.3 Å². The number of hydrogen-bond donors (Lipinski definition) is 0. The summed E-state index contributed by atoms with van der Waals surface area (Å²) in [5.74, 6) is 0.965. The van der Waals surface area contributed by atoms with E-state index in [9.17, 15) is 4.79 Å². The lowest BCUT2D eigenvalue weighted by Crippen LogP contribution is -1.99. The number of nitrogens with zero attached hydrogens (tertiary/aromatic N) is 1. The summed E-state index contributed by atoms with van der Waals surface area (Å²) in [5.41, 5.74) is 1.83. The number of para-hydroxylation sites is 1. The number of Topliss-reactive ketones (excluding diaryl/α,β-unsaturated/α-hetero) is 1. The average Bonchev–Trinajstić information content (AvgIpc) is 2.90. The minimum absolute atomic E-state index is 0.194. The molecule has 0 saturated heterocycles. The quantitative estimate of drug-likeness (QED) is 0.507. The molecule has 100 valence electrons. The van der Waals surface area contributed by atoms with Crippen LogP contribution in [0, 0.1) is 0 Å². The van der Waals surface area contributed by atoms with Crippen molar-refractivity contribution in [3.8, 4) is 0 Å². The predicted octanol–water partition coefficient (Wildman–Crippen LogP) is 4.66. The Hall–Kier alpha value is -1.65. The molecule has 0 fully saturated rings. The second kappa shape index (κ2) is 6.20. The number of carbonyl (C=O) groups excluding carboxylic acids is 1. The van der Waals surface area contributed by atoms with Gasteiger partial charge in [0.1, 0.15) is 0 Å². The molecule has 2 nitrogen and oxygen atoms in total. The molecule has 0 aliphatic heterocycles. The van der Waals surface area contributed by atoms with E-state index in [1.54, 1.807) is 23.1 Å². The van der Waals surface area contributed by atoms with E-state index in [2.05, 4.69) is 11.1 Å². The fourth-order valence-corrected chi connectivity index (χ4v) is 3.99. The van der Waals surface area contributed by atoms with Crippen molar-refractivity contribution in [3.63, 3.8) is 0 Å². The number of fused-ring (bicyclic) bond motifs is 1. The van der Waals surface area contributed by atoms with Crippen LogP contribution in [0.15, 0.2) is 58.9 Å². The molecule has 0 aliphatic rings. The van der Waals surface area contributed by atoms with Crippen LogP contribution < -0.4 is 0 Å². The Morgan fingerprint density at radius 2 is 1.80 bits per heavy atom. The van der Waals surface area contributed by atoms with Crippen LogP contribution in [0.2, 0.25) is 0 Å². The van der Waals surface area contributed by atoms with Crippen LogP contribution in [0.25, 0.3) is 10.2 Å². The zero-order valence-electron chi connectivity index (χ0n) is 10.8. The number of hydrogen-bond acceptors (Lipinski definition) is 4. The molecule has 0 unspecified atom stereocenters. The van der Waals surface area contributed by atoms with E-state index in [4.69, 9.17) is 0 Å². The number of aromatic nitrogens is 1. The van der Waals surface area contributed by atoms with Crippen molar-refractivity contribution in [2.75, 3.05) is 5.75 Å². The lowest BCUT2D eigenvalue weighted by molar-refractivity contribution is 0.0989. The van der Waals surface area contributed by atoms with Gasteiger partial charge in [0.15, 0.2) is 10.1 Å².